The molecule has 0 N–H and O–H groups in total. The maximum absolute atomic E-state index is 2.52. The Kier molecular flexibility index (Phi) is 9.92. The highest BCUT2D eigenvalue weighted by Gasteiger charge is 2.45. The summed E-state index contributed by atoms with van der Waals surface area (Å²) in [6, 6.07) is 74.5. The zero-order chi connectivity index (χ0) is 39.6. The van der Waals surface area contributed by atoms with Crippen molar-refractivity contribution in [3.05, 3.63) is 228 Å². The monoisotopic (exact) mass is 762 g/mol. The lowest BCUT2D eigenvalue weighted by Crippen LogP contribution is -2.28. The third kappa shape index (κ3) is 6.73. The zero-order valence-corrected chi connectivity index (χ0v) is 33.9. The van der Waals surface area contributed by atoms with Gasteiger partial charge in [0.25, 0.3) is 0 Å². The van der Waals surface area contributed by atoms with E-state index in [9.17, 15) is 0 Å². The Balaban J connectivity index is 1.20. The fourth-order valence-electron chi connectivity index (χ4n) is 9.73. The molecule has 0 aromatic heterocycles. The first-order valence-corrected chi connectivity index (χ1v) is 21.5. The quantitative estimate of drug-likeness (QED) is 0.108. The van der Waals surface area contributed by atoms with E-state index in [-0.39, 0.29) is 5.41 Å². The van der Waals surface area contributed by atoms with Gasteiger partial charge in [0.1, 0.15) is 0 Å². The minimum Gasteiger partial charge on any atom is -0.310 e. The Morgan fingerprint density at radius 3 is 1.27 bits per heavy atom. The summed E-state index contributed by atoms with van der Waals surface area (Å²) in [4.78, 5) is 4.83. The summed E-state index contributed by atoms with van der Waals surface area (Å²) in [6.07, 6.45) is 8.19. The number of para-hydroxylation sites is 4. The van der Waals surface area contributed by atoms with Gasteiger partial charge < -0.3 is 9.80 Å². The molecule has 2 heteroatoms. The number of fused-ring (bicyclic) bond motifs is 4. The number of aryl methyl sites for hydroxylation is 2. The fourth-order valence-corrected chi connectivity index (χ4v) is 9.73. The third-order valence-electron chi connectivity index (χ3n) is 12.8. The van der Waals surface area contributed by atoms with Crippen LogP contribution in [0.3, 0.4) is 0 Å². The smallest absolute Gasteiger partial charge is 0.0465 e. The average Bonchev–Trinajstić information content (AvgIpc) is 3.56. The molecule has 0 fully saturated rings. The van der Waals surface area contributed by atoms with Crippen LogP contribution in [-0.2, 0) is 18.3 Å². The molecule has 2 aliphatic rings. The van der Waals surface area contributed by atoms with Crippen molar-refractivity contribution in [2.45, 2.75) is 57.3 Å². The highest BCUT2D eigenvalue weighted by Crippen LogP contribution is 2.58. The van der Waals surface area contributed by atoms with Gasteiger partial charge in [-0.3, -0.25) is 0 Å². The van der Waals surface area contributed by atoms with Crippen LogP contribution in [-0.4, -0.2) is 0 Å². The SMILES string of the molecule is CCCCCCC1(c2ccc(-c3ccc4c(c3)CC4)cc2)c2cc(N(c3ccccc3)c3ccccc3)ccc2-c2ccc(N(c3ccccc3)c3ccccc3)cc21. The third-order valence-corrected chi connectivity index (χ3v) is 12.8. The van der Waals surface area contributed by atoms with Crippen LogP contribution in [0.2, 0.25) is 0 Å². The number of hydrogen-bond acceptors (Lipinski definition) is 2. The van der Waals surface area contributed by atoms with Gasteiger partial charge in [0.05, 0.1) is 0 Å². The molecule has 0 aliphatic heterocycles. The maximum Gasteiger partial charge on any atom is 0.0465 e. The Labute approximate surface area is 350 Å². The molecular weight excluding hydrogens is 713 g/mol. The molecule has 10 rings (SSSR count). The lowest BCUT2D eigenvalue weighted by Gasteiger charge is -2.35. The minimum absolute atomic E-state index is 0.374. The molecule has 0 unspecified atom stereocenters. The van der Waals surface area contributed by atoms with Gasteiger partial charge in [-0.2, -0.15) is 0 Å². The molecule has 2 aliphatic carbocycles. The summed E-state index contributed by atoms with van der Waals surface area (Å²) in [7, 11) is 0. The molecule has 0 atom stereocenters. The molecule has 288 valence electrons. The maximum atomic E-state index is 2.52. The summed E-state index contributed by atoms with van der Waals surface area (Å²) >= 11 is 0. The van der Waals surface area contributed by atoms with E-state index in [0.29, 0.717) is 0 Å². The summed E-state index contributed by atoms with van der Waals surface area (Å²) in [5.74, 6) is 0. The van der Waals surface area contributed by atoms with Gasteiger partial charge in [0.15, 0.2) is 0 Å². The van der Waals surface area contributed by atoms with Crippen LogP contribution in [0.4, 0.5) is 34.1 Å². The second-order valence-electron chi connectivity index (χ2n) is 16.2. The van der Waals surface area contributed by atoms with Crippen molar-refractivity contribution in [3.8, 4) is 22.3 Å². The Hall–Kier alpha value is -6.64. The summed E-state index contributed by atoms with van der Waals surface area (Å²) in [5.41, 5.74) is 18.9. The van der Waals surface area contributed by atoms with Crippen LogP contribution >= 0.6 is 0 Å². The number of rotatable bonds is 13. The number of unbranched alkanes of at least 4 members (excludes halogenated alkanes) is 3. The summed E-state index contributed by atoms with van der Waals surface area (Å²) in [6.45, 7) is 2.31. The van der Waals surface area contributed by atoms with Gasteiger partial charge in [-0.15, -0.1) is 0 Å². The molecule has 0 saturated carbocycles. The van der Waals surface area contributed by atoms with Gasteiger partial charge in [0, 0.05) is 39.5 Å². The van der Waals surface area contributed by atoms with Crippen molar-refractivity contribution in [2.75, 3.05) is 9.80 Å². The number of anilines is 6. The average molecular weight is 763 g/mol. The van der Waals surface area contributed by atoms with Crippen LogP contribution in [0.5, 0.6) is 0 Å². The van der Waals surface area contributed by atoms with E-state index in [2.05, 4.69) is 217 Å². The van der Waals surface area contributed by atoms with E-state index in [1.165, 1.54) is 93.5 Å². The lowest BCUT2D eigenvalue weighted by atomic mass is 9.68. The zero-order valence-electron chi connectivity index (χ0n) is 33.9. The first kappa shape index (κ1) is 36.7. The second-order valence-corrected chi connectivity index (χ2v) is 16.2. The molecular formula is C57H50N2. The Morgan fingerprint density at radius 2 is 0.847 bits per heavy atom. The van der Waals surface area contributed by atoms with Crippen molar-refractivity contribution in [1.82, 2.24) is 0 Å². The van der Waals surface area contributed by atoms with Crippen LogP contribution in [0, 0.1) is 0 Å². The molecule has 2 nitrogen and oxygen atoms in total. The summed E-state index contributed by atoms with van der Waals surface area (Å²) in [5, 5.41) is 0. The van der Waals surface area contributed by atoms with Crippen LogP contribution in [0.25, 0.3) is 22.3 Å². The minimum atomic E-state index is -0.374. The number of hydrogen-bond donors (Lipinski definition) is 0. The predicted molar refractivity (Wildman–Crippen MR) is 249 cm³/mol. The van der Waals surface area contributed by atoms with Crippen LogP contribution < -0.4 is 9.80 Å². The molecule has 8 aromatic carbocycles. The van der Waals surface area contributed by atoms with Gasteiger partial charge >= 0.3 is 0 Å². The first-order chi connectivity index (χ1) is 29.2. The van der Waals surface area contributed by atoms with E-state index in [0.717, 1.165) is 35.6 Å². The number of nitrogens with zero attached hydrogens (tertiary/aromatic N) is 2. The van der Waals surface area contributed by atoms with Crippen molar-refractivity contribution in [2.24, 2.45) is 0 Å². The molecule has 0 heterocycles. The molecule has 0 bridgehead atoms. The molecule has 8 aromatic rings. The van der Waals surface area contributed by atoms with E-state index in [1.807, 2.05) is 0 Å². The lowest BCUT2D eigenvalue weighted by molar-refractivity contribution is 0.516. The van der Waals surface area contributed by atoms with Crippen molar-refractivity contribution in [1.29, 1.82) is 0 Å². The largest absolute Gasteiger partial charge is 0.310 e. The van der Waals surface area contributed by atoms with Crippen molar-refractivity contribution in [3.63, 3.8) is 0 Å². The number of benzene rings is 8. The standard InChI is InChI=1S/C57H50N2/c1-2-3-4-17-38-57(46-32-30-43(31-33-46)45-29-27-42-26-28-44(42)39-45)55-40-51(58(47-18-9-5-10-19-47)48-20-11-6-12-21-48)34-36-53(55)54-37-35-52(41-56(54)57)59(49-22-13-7-14-23-49)50-24-15-8-16-25-50/h5-16,18-25,27,29-37,39-41H,2-4,17,26,28,38H2,1H3. The normalized spacial score (nSPS) is 13.2. The van der Waals surface area contributed by atoms with Gasteiger partial charge in [-0.1, -0.05) is 160 Å². The molecule has 0 spiro atoms. The molecule has 59 heavy (non-hydrogen) atoms. The van der Waals surface area contributed by atoms with E-state index >= 15 is 0 Å². The van der Waals surface area contributed by atoms with E-state index < -0.39 is 0 Å². The second kappa shape index (κ2) is 16.0. The topological polar surface area (TPSA) is 6.48 Å². The molecule has 0 saturated heterocycles. The van der Waals surface area contributed by atoms with Crippen LogP contribution in [0.1, 0.15) is 66.8 Å². The Morgan fingerprint density at radius 1 is 0.390 bits per heavy atom. The van der Waals surface area contributed by atoms with E-state index in [1.54, 1.807) is 0 Å². The van der Waals surface area contributed by atoms with Crippen molar-refractivity contribution >= 4 is 34.1 Å². The molecule has 0 radical (unpaired) electrons. The van der Waals surface area contributed by atoms with E-state index in [4.69, 9.17) is 0 Å². The Bertz CT molecular complexity index is 2470. The highest BCUT2D eigenvalue weighted by atomic mass is 15.1. The summed E-state index contributed by atoms with van der Waals surface area (Å²) < 4.78 is 0. The highest BCUT2D eigenvalue weighted by molar-refractivity contribution is 5.90. The van der Waals surface area contributed by atoms with Crippen molar-refractivity contribution < 1.29 is 0 Å². The van der Waals surface area contributed by atoms with Gasteiger partial charge in [-0.05, 0) is 142 Å². The van der Waals surface area contributed by atoms with Gasteiger partial charge in [0.2, 0.25) is 0 Å². The predicted octanol–water partition coefficient (Wildman–Crippen LogP) is 15.7. The van der Waals surface area contributed by atoms with Crippen LogP contribution in [0.15, 0.2) is 200 Å². The molecule has 0 amide bonds. The first-order valence-electron chi connectivity index (χ1n) is 21.5. The van der Waals surface area contributed by atoms with Gasteiger partial charge in [-0.25, -0.2) is 0 Å². The fraction of sp³-hybridized carbons (Fsp3) is 0.158.